The van der Waals surface area contributed by atoms with Crippen molar-refractivity contribution < 1.29 is 9.53 Å². The zero-order chi connectivity index (χ0) is 17.7. The van der Waals surface area contributed by atoms with Crippen molar-refractivity contribution in [3.63, 3.8) is 0 Å². The first-order chi connectivity index (χ1) is 12.7. The maximum atomic E-state index is 12.5. The Balaban J connectivity index is 1.49. The van der Waals surface area contributed by atoms with E-state index >= 15 is 0 Å². The number of nitrogens with zero attached hydrogens (tertiary/aromatic N) is 1. The summed E-state index contributed by atoms with van der Waals surface area (Å²) < 4.78 is 5.13. The topological polar surface area (TPSA) is 51.2 Å². The average molecular weight is 358 g/mol. The van der Waals surface area contributed by atoms with Crippen LogP contribution in [0.2, 0.25) is 0 Å². The van der Waals surface area contributed by atoms with E-state index in [-0.39, 0.29) is 5.91 Å². The molecule has 0 bridgehead atoms. The number of anilines is 1. The normalized spacial score (nSPS) is 11.4. The second-order valence-corrected chi connectivity index (χ2v) is 7.09. The summed E-state index contributed by atoms with van der Waals surface area (Å²) in [6, 6.07) is 19.6. The summed E-state index contributed by atoms with van der Waals surface area (Å²) in [5.74, 6) is 0.547. The zero-order valence-electron chi connectivity index (χ0n) is 13.9. The lowest BCUT2D eigenvalue weighted by molar-refractivity contribution is 0.102. The number of benzene rings is 3. The third kappa shape index (κ3) is 2.21. The van der Waals surface area contributed by atoms with Gasteiger partial charge in [-0.1, -0.05) is 47.7 Å². The number of methoxy groups -OCH3 is 1. The molecule has 26 heavy (non-hydrogen) atoms. The first-order valence-electron chi connectivity index (χ1n) is 8.23. The van der Waals surface area contributed by atoms with Crippen LogP contribution in [0.4, 0.5) is 5.13 Å². The van der Waals surface area contributed by atoms with Crippen molar-refractivity contribution >= 4 is 33.1 Å². The van der Waals surface area contributed by atoms with Crippen LogP contribution >= 0.6 is 11.3 Å². The zero-order valence-corrected chi connectivity index (χ0v) is 14.8. The van der Waals surface area contributed by atoms with Crippen LogP contribution in [0.3, 0.4) is 0 Å². The Bertz CT molecular complexity index is 1110. The molecule has 0 atom stereocenters. The minimum atomic E-state index is -0.174. The van der Waals surface area contributed by atoms with Gasteiger partial charge in [0.1, 0.15) is 5.75 Å². The quantitative estimate of drug-likeness (QED) is 0.482. The lowest BCUT2D eigenvalue weighted by Gasteiger charge is -2.04. The van der Waals surface area contributed by atoms with Crippen molar-refractivity contribution in [3.05, 3.63) is 66.2 Å². The van der Waals surface area contributed by atoms with Gasteiger partial charge >= 0.3 is 0 Å². The summed E-state index contributed by atoms with van der Waals surface area (Å²) in [4.78, 5) is 18.3. The largest absolute Gasteiger partial charge is 0.497 e. The van der Waals surface area contributed by atoms with Gasteiger partial charge in [-0.25, -0.2) is 4.98 Å². The summed E-state index contributed by atoms with van der Waals surface area (Å²) >= 11 is 1.51. The van der Waals surface area contributed by atoms with Crippen molar-refractivity contribution in [1.29, 1.82) is 0 Å². The van der Waals surface area contributed by atoms with Crippen molar-refractivity contribution in [2.24, 2.45) is 0 Å². The van der Waals surface area contributed by atoms with E-state index in [9.17, 15) is 4.79 Å². The van der Waals surface area contributed by atoms with Crippen LogP contribution in [-0.4, -0.2) is 18.0 Å². The molecule has 4 nitrogen and oxygen atoms in total. The van der Waals surface area contributed by atoms with Crippen LogP contribution < -0.4 is 10.1 Å². The maximum absolute atomic E-state index is 12.5. The van der Waals surface area contributed by atoms with E-state index in [0.29, 0.717) is 10.7 Å². The van der Waals surface area contributed by atoms with E-state index in [2.05, 4.69) is 35.6 Å². The Kier molecular flexibility index (Phi) is 3.30. The number of aromatic nitrogens is 1. The highest BCUT2D eigenvalue weighted by molar-refractivity contribution is 7.20. The number of hydrogen-bond donors (Lipinski definition) is 1. The molecule has 0 unspecified atom stereocenters. The van der Waals surface area contributed by atoms with Crippen molar-refractivity contribution in [2.75, 3.05) is 12.4 Å². The molecule has 1 heterocycles. The van der Waals surface area contributed by atoms with E-state index in [0.717, 1.165) is 21.9 Å². The molecule has 1 amide bonds. The first kappa shape index (κ1) is 15.1. The van der Waals surface area contributed by atoms with Gasteiger partial charge in [0.05, 0.1) is 17.7 Å². The van der Waals surface area contributed by atoms with Crippen LogP contribution in [-0.2, 0) is 0 Å². The standard InChI is InChI=1S/C21H14N2O2S/c1-25-14-10-8-13(9-11-14)20(24)23-21-22-18-15-6-2-4-12-5-3-7-16(17(12)15)19(18)26-21/h2-11H,1H3,(H,22,23,24). The molecule has 5 heteroatoms. The first-order valence-corrected chi connectivity index (χ1v) is 9.05. The molecule has 1 aliphatic rings. The lowest BCUT2D eigenvalue weighted by Crippen LogP contribution is -2.11. The molecule has 4 aromatic rings. The van der Waals surface area contributed by atoms with Gasteiger partial charge < -0.3 is 4.74 Å². The van der Waals surface area contributed by atoms with E-state index in [1.54, 1.807) is 31.4 Å². The van der Waals surface area contributed by atoms with Crippen LogP contribution in [0.15, 0.2) is 60.7 Å². The number of carbonyl (C=O) groups excluding carboxylic acids is 1. The summed E-state index contributed by atoms with van der Waals surface area (Å²) in [5.41, 5.74) is 3.85. The van der Waals surface area contributed by atoms with Gasteiger partial charge in [-0.2, -0.15) is 0 Å². The van der Waals surface area contributed by atoms with Gasteiger partial charge in [0.2, 0.25) is 0 Å². The van der Waals surface area contributed by atoms with Crippen LogP contribution in [0.25, 0.3) is 32.5 Å². The minimum absolute atomic E-state index is 0.174. The number of fused-ring (bicyclic) bond motifs is 3. The molecule has 3 aromatic carbocycles. The Morgan fingerprint density at radius 2 is 1.73 bits per heavy atom. The monoisotopic (exact) mass is 358 g/mol. The summed E-state index contributed by atoms with van der Waals surface area (Å²) in [5, 5.41) is 5.99. The number of thiazole rings is 1. The highest BCUT2D eigenvalue weighted by Gasteiger charge is 2.26. The number of rotatable bonds is 3. The Hall–Kier alpha value is -3.18. The molecule has 1 N–H and O–H groups in total. The number of carbonyl (C=O) groups is 1. The molecule has 0 radical (unpaired) electrons. The number of nitrogens with one attached hydrogen (secondary N) is 1. The van der Waals surface area contributed by atoms with Crippen LogP contribution in [0.1, 0.15) is 10.4 Å². The Labute approximate surface area is 154 Å². The number of amides is 1. The van der Waals surface area contributed by atoms with Crippen molar-refractivity contribution in [1.82, 2.24) is 4.98 Å². The summed E-state index contributed by atoms with van der Waals surface area (Å²) in [6.45, 7) is 0. The van der Waals surface area contributed by atoms with E-state index < -0.39 is 0 Å². The van der Waals surface area contributed by atoms with E-state index in [1.165, 1.54) is 27.7 Å². The van der Waals surface area contributed by atoms with Crippen molar-refractivity contribution in [2.45, 2.75) is 0 Å². The Morgan fingerprint density at radius 1 is 1.00 bits per heavy atom. The van der Waals surface area contributed by atoms with Gasteiger partial charge in [-0.05, 0) is 35.0 Å². The molecule has 5 rings (SSSR count). The number of ether oxygens (including phenoxy) is 1. The SMILES string of the molecule is COc1ccc(C(=O)Nc2nc3c(s2)-c2cccc4cccc-3c24)cc1. The smallest absolute Gasteiger partial charge is 0.257 e. The molecule has 0 fully saturated rings. The molecule has 0 aliphatic heterocycles. The average Bonchev–Trinajstić information content (AvgIpc) is 3.22. The fourth-order valence-electron chi connectivity index (χ4n) is 3.38. The minimum Gasteiger partial charge on any atom is -0.497 e. The maximum Gasteiger partial charge on any atom is 0.257 e. The molecule has 126 valence electrons. The molecular weight excluding hydrogens is 344 g/mol. The fraction of sp³-hybridized carbons (Fsp3) is 0.0476. The highest BCUT2D eigenvalue weighted by atomic mass is 32.1. The highest BCUT2D eigenvalue weighted by Crippen LogP contribution is 2.50. The molecule has 0 saturated carbocycles. The van der Waals surface area contributed by atoms with Gasteiger partial charge in [-0.15, -0.1) is 0 Å². The second-order valence-electron chi connectivity index (χ2n) is 6.09. The van der Waals surface area contributed by atoms with Crippen LogP contribution in [0, 0.1) is 0 Å². The van der Waals surface area contributed by atoms with Crippen molar-refractivity contribution in [3.8, 4) is 27.4 Å². The third-order valence-electron chi connectivity index (χ3n) is 4.60. The van der Waals surface area contributed by atoms with Gasteiger partial charge in [-0.3, -0.25) is 10.1 Å². The molecule has 0 spiro atoms. The van der Waals surface area contributed by atoms with Crippen LogP contribution in [0.5, 0.6) is 5.75 Å². The molecule has 1 aliphatic carbocycles. The molecular formula is C21H14N2O2S. The Morgan fingerprint density at radius 3 is 2.46 bits per heavy atom. The fourth-order valence-corrected chi connectivity index (χ4v) is 4.38. The second kappa shape index (κ2) is 5.68. The number of hydrogen-bond acceptors (Lipinski definition) is 4. The van der Waals surface area contributed by atoms with E-state index in [1.807, 2.05) is 6.07 Å². The molecule has 1 aromatic heterocycles. The lowest BCUT2D eigenvalue weighted by atomic mass is 10.0. The van der Waals surface area contributed by atoms with Gasteiger partial charge in [0.15, 0.2) is 5.13 Å². The van der Waals surface area contributed by atoms with E-state index in [4.69, 9.17) is 9.72 Å². The summed E-state index contributed by atoms with van der Waals surface area (Å²) in [7, 11) is 1.60. The summed E-state index contributed by atoms with van der Waals surface area (Å²) in [6.07, 6.45) is 0. The third-order valence-corrected chi connectivity index (χ3v) is 5.61. The van der Waals surface area contributed by atoms with Gasteiger partial charge in [0, 0.05) is 16.7 Å². The predicted molar refractivity (Wildman–Crippen MR) is 105 cm³/mol. The molecule has 0 saturated heterocycles. The predicted octanol–water partition coefficient (Wildman–Crippen LogP) is 5.20. The van der Waals surface area contributed by atoms with Gasteiger partial charge in [0.25, 0.3) is 5.91 Å².